The average molecular weight is 232 g/mol. The minimum absolute atomic E-state index is 0.199. The van der Waals surface area contributed by atoms with Crippen LogP contribution in [-0.4, -0.2) is 25.5 Å². The summed E-state index contributed by atoms with van der Waals surface area (Å²) in [6, 6.07) is 10.3. The highest BCUT2D eigenvalue weighted by Crippen LogP contribution is 2.15. The van der Waals surface area contributed by atoms with E-state index in [9.17, 15) is 4.79 Å². The molecule has 1 aliphatic heterocycles. The van der Waals surface area contributed by atoms with Crippen LogP contribution in [0.1, 0.15) is 25.7 Å². The van der Waals surface area contributed by atoms with Crippen molar-refractivity contribution in [1.29, 1.82) is 0 Å². The molecule has 17 heavy (non-hydrogen) atoms. The van der Waals surface area contributed by atoms with Crippen LogP contribution in [0.15, 0.2) is 30.3 Å². The summed E-state index contributed by atoms with van der Waals surface area (Å²) in [5, 5.41) is 3.42. The van der Waals surface area contributed by atoms with Crippen molar-refractivity contribution in [3.05, 3.63) is 30.3 Å². The summed E-state index contributed by atoms with van der Waals surface area (Å²) < 4.78 is 0. The Morgan fingerprint density at radius 2 is 2.18 bits per heavy atom. The first-order valence-corrected chi connectivity index (χ1v) is 6.32. The molecule has 3 nitrogen and oxygen atoms in total. The van der Waals surface area contributed by atoms with Crippen molar-refractivity contribution < 1.29 is 4.79 Å². The van der Waals surface area contributed by atoms with E-state index in [0.717, 1.165) is 18.7 Å². The SMILES string of the molecule is CN(C(=O)CCC1CCCN1)c1ccccc1. The fraction of sp³-hybridized carbons (Fsp3) is 0.500. The third kappa shape index (κ3) is 3.30. The van der Waals surface area contributed by atoms with Gasteiger partial charge in [-0.1, -0.05) is 18.2 Å². The molecule has 2 rings (SSSR count). The molecule has 1 aromatic carbocycles. The lowest BCUT2D eigenvalue weighted by atomic mass is 10.1. The highest BCUT2D eigenvalue weighted by atomic mass is 16.2. The largest absolute Gasteiger partial charge is 0.316 e. The average Bonchev–Trinajstić information content (AvgIpc) is 2.89. The summed E-state index contributed by atoms with van der Waals surface area (Å²) in [4.78, 5) is 13.7. The molecule has 0 aromatic heterocycles. The van der Waals surface area contributed by atoms with E-state index in [-0.39, 0.29) is 5.91 Å². The zero-order valence-electron chi connectivity index (χ0n) is 10.4. The predicted molar refractivity (Wildman–Crippen MR) is 70.1 cm³/mol. The van der Waals surface area contributed by atoms with Crippen LogP contribution in [0.25, 0.3) is 0 Å². The van der Waals surface area contributed by atoms with Gasteiger partial charge in [0.15, 0.2) is 0 Å². The van der Waals surface area contributed by atoms with E-state index >= 15 is 0 Å². The van der Waals surface area contributed by atoms with Crippen molar-refractivity contribution in [2.24, 2.45) is 0 Å². The van der Waals surface area contributed by atoms with Gasteiger partial charge in [-0.05, 0) is 37.9 Å². The first kappa shape index (κ1) is 12.1. The van der Waals surface area contributed by atoms with Gasteiger partial charge in [0.25, 0.3) is 0 Å². The quantitative estimate of drug-likeness (QED) is 0.863. The van der Waals surface area contributed by atoms with Crippen LogP contribution in [0.3, 0.4) is 0 Å². The molecule has 0 aliphatic carbocycles. The lowest BCUT2D eigenvalue weighted by Gasteiger charge is -2.18. The molecule has 1 amide bonds. The van der Waals surface area contributed by atoms with Gasteiger partial charge >= 0.3 is 0 Å². The van der Waals surface area contributed by atoms with Crippen LogP contribution in [0, 0.1) is 0 Å². The summed E-state index contributed by atoms with van der Waals surface area (Å²) in [6.07, 6.45) is 4.04. The summed E-state index contributed by atoms with van der Waals surface area (Å²) in [6.45, 7) is 1.10. The molecule has 3 heteroatoms. The van der Waals surface area contributed by atoms with E-state index in [1.165, 1.54) is 12.8 Å². The number of carbonyl (C=O) groups excluding carboxylic acids is 1. The number of rotatable bonds is 4. The predicted octanol–water partition coefficient (Wildman–Crippen LogP) is 2.18. The highest BCUT2D eigenvalue weighted by Gasteiger charge is 2.17. The maximum Gasteiger partial charge on any atom is 0.226 e. The number of carbonyl (C=O) groups is 1. The Morgan fingerprint density at radius 3 is 2.82 bits per heavy atom. The normalized spacial score (nSPS) is 19.2. The van der Waals surface area contributed by atoms with Crippen molar-refractivity contribution in [3.8, 4) is 0 Å². The molecular formula is C14H20N2O. The first-order chi connectivity index (χ1) is 8.27. The molecule has 1 saturated heterocycles. The van der Waals surface area contributed by atoms with Crippen LogP contribution in [0.2, 0.25) is 0 Å². The first-order valence-electron chi connectivity index (χ1n) is 6.32. The number of amides is 1. The molecule has 1 heterocycles. The molecule has 1 unspecified atom stereocenters. The molecule has 1 atom stereocenters. The Hall–Kier alpha value is -1.35. The minimum atomic E-state index is 0.199. The standard InChI is InChI=1S/C14H20N2O/c1-16(13-7-3-2-4-8-13)14(17)10-9-12-6-5-11-15-12/h2-4,7-8,12,15H,5-6,9-11H2,1H3. The summed E-state index contributed by atoms with van der Waals surface area (Å²) in [7, 11) is 1.85. The molecule has 0 bridgehead atoms. The molecule has 92 valence electrons. The minimum Gasteiger partial charge on any atom is -0.316 e. The zero-order valence-corrected chi connectivity index (χ0v) is 10.4. The molecule has 1 fully saturated rings. The summed E-state index contributed by atoms with van der Waals surface area (Å²) in [5.74, 6) is 0.199. The lowest BCUT2D eigenvalue weighted by Crippen LogP contribution is -2.29. The summed E-state index contributed by atoms with van der Waals surface area (Å²) >= 11 is 0. The Balaban J connectivity index is 1.83. The van der Waals surface area contributed by atoms with Gasteiger partial charge in [-0.2, -0.15) is 0 Å². The van der Waals surface area contributed by atoms with Crippen LogP contribution in [0.5, 0.6) is 0 Å². The lowest BCUT2D eigenvalue weighted by molar-refractivity contribution is -0.118. The number of nitrogens with one attached hydrogen (secondary N) is 1. The third-order valence-corrected chi connectivity index (χ3v) is 3.39. The number of para-hydroxylation sites is 1. The maximum absolute atomic E-state index is 12.0. The number of nitrogens with zero attached hydrogens (tertiary/aromatic N) is 1. The Bertz CT molecular complexity index is 358. The molecule has 0 spiro atoms. The van der Waals surface area contributed by atoms with Crippen LogP contribution in [-0.2, 0) is 4.79 Å². The van der Waals surface area contributed by atoms with Crippen molar-refractivity contribution in [2.45, 2.75) is 31.7 Å². The van der Waals surface area contributed by atoms with Crippen molar-refractivity contribution in [2.75, 3.05) is 18.5 Å². The smallest absolute Gasteiger partial charge is 0.226 e. The van der Waals surface area contributed by atoms with E-state index in [4.69, 9.17) is 0 Å². The Labute approximate surface area is 103 Å². The number of hydrogen-bond acceptors (Lipinski definition) is 2. The number of hydrogen-bond donors (Lipinski definition) is 1. The second-order valence-electron chi connectivity index (χ2n) is 4.62. The Morgan fingerprint density at radius 1 is 1.41 bits per heavy atom. The van der Waals surface area contributed by atoms with E-state index in [1.807, 2.05) is 37.4 Å². The molecular weight excluding hydrogens is 212 g/mol. The van der Waals surface area contributed by atoms with Gasteiger partial charge in [0, 0.05) is 25.2 Å². The van der Waals surface area contributed by atoms with Gasteiger partial charge in [0.2, 0.25) is 5.91 Å². The van der Waals surface area contributed by atoms with Gasteiger partial charge in [0.1, 0.15) is 0 Å². The van der Waals surface area contributed by atoms with E-state index in [1.54, 1.807) is 4.90 Å². The monoisotopic (exact) mass is 232 g/mol. The second kappa shape index (κ2) is 5.82. The third-order valence-electron chi connectivity index (χ3n) is 3.39. The number of benzene rings is 1. The number of anilines is 1. The van der Waals surface area contributed by atoms with Gasteiger partial charge in [-0.25, -0.2) is 0 Å². The van der Waals surface area contributed by atoms with Gasteiger partial charge in [-0.15, -0.1) is 0 Å². The summed E-state index contributed by atoms with van der Waals surface area (Å²) in [5.41, 5.74) is 0.969. The maximum atomic E-state index is 12.0. The van der Waals surface area contributed by atoms with Gasteiger partial charge in [0.05, 0.1) is 0 Å². The van der Waals surface area contributed by atoms with E-state index in [0.29, 0.717) is 12.5 Å². The van der Waals surface area contributed by atoms with Gasteiger partial charge < -0.3 is 10.2 Å². The van der Waals surface area contributed by atoms with Crippen molar-refractivity contribution in [1.82, 2.24) is 5.32 Å². The highest BCUT2D eigenvalue weighted by molar-refractivity contribution is 5.92. The fourth-order valence-corrected chi connectivity index (χ4v) is 2.26. The second-order valence-corrected chi connectivity index (χ2v) is 4.62. The van der Waals surface area contributed by atoms with Gasteiger partial charge in [-0.3, -0.25) is 4.79 Å². The van der Waals surface area contributed by atoms with Crippen LogP contribution in [0.4, 0.5) is 5.69 Å². The van der Waals surface area contributed by atoms with E-state index < -0.39 is 0 Å². The van der Waals surface area contributed by atoms with Crippen molar-refractivity contribution in [3.63, 3.8) is 0 Å². The van der Waals surface area contributed by atoms with Crippen LogP contribution >= 0.6 is 0 Å². The van der Waals surface area contributed by atoms with Crippen molar-refractivity contribution >= 4 is 11.6 Å². The fourth-order valence-electron chi connectivity index (χ4n) is 2.26. The zero-order chi connectivity index (χ0) is 12.1. The molecule has 1 aromatic rings. The molecule has 1 aliphatic rings. The molecule has 0 saturated carbocycles. The van der Waals surface area contributed by atoms with Crippen LogP contribution < -0.4 is 10.2 Å². The molecule has 1 N–H and O–H groups in total. The molecule has 0 radical (unpaired) electrons. The topological polar surface area (TPSA) is 32.3 Å². The Kier molecular flexibility index (Phi) is 4.15. The van der Waals surface area contributed by atoms with E-state index in [2.05, 4.69) is 5.32 Å².